The summed E-state index contributed by atoms with van der Waals surface area (Å²) in [5, 5.41) is 7.10. The molecule has 0 saturated heterocycles. The summed E-state index contributed by atoms with van der Waals surface area (Å²) >= 11 is 0. The first-order valence-electron chi connectivity index (χ1n) is 5.65. The lowest BCUT2D eigenvalue weighted by Gasteiger charge is -2.02. The first-order chi connectivity index (χ1) is 8.69. The Bertz CT molecular complexity index is 764. The van der Waals surface area contributed by atoms with Crippen LogP contribution in [0.5, 0.6) is 0 Å². The Balaban J connectivity index is 2.24. The number of imidazole rings is 1. The molecule has 0 amide bonds. The number of aromatic amines is 3. The maximum atomic E-state index is 11.2. The number of nitrogens with zero attached hydrogens (tertiary/aromatic N) is 1. The second-order valence-corrected chi connectivity index (χ2v) is 4.21. The van der Waals surface area contributed by atoms with Gasteiger partial charge in [-0.15, -0.1) is 0 Å². The van der Waals surface area contributed by atoms with Gasteiger partial charge in [-0.2, -0.15) is 5.10 Å². The Hall–Kier alpha value is -2.34. The minimum absolute atomic E-state index is 0.204. The van der Waals surface area contributed by atoms with E-state index < -0.39 is 0 Å². The third-order valence-corrected chi connectivity index (χ3v) is 3.02. The number of rotatable bonds is 2. The molecule has 18 heavy (non-hydrogen) atoms. The molecule has 2 heterocycles. The highest BCUT2D eigenvalue weighted by atomic mass is 16.1. The zero-order valence-electron chi connectivity index (χ0n) is 9.87. The molecule has 3 aromatic rings. The second kappa shape index (κ2) is 3.85. The second-order valence-electron chi connectivity index (χ2n) is 4.21. The summed E-state index contributed by atoms with van der Waals surface area (Å²) in [5.74, 6) is 0. The molecule has 0 bridgehead atoms. The Kier molecular flexibility index (Phi) is 2.31. The number of aryl methyl sites for hydroxylation is 1. The van der Waals surface area contributed by atoms with Gasteiger partial charge in [0.25, 0.3) is 0 Å². The van der Waals surface area contributed by atoms with Crippen molar-refractivity contribution >= 4 is 11.0 Å². The molecular weight excluding hydrogens is 230 g/mol. The van der Waals surface area contributed by atoms with Crippen molar-refractivity contribution in [3.05, 3.63) is 40.1 Å². The summed E-state index contributed by atoms with van der Waals surface area (Å²) in [7, 11) is 0. The van der Waals surface area contributed by atoms with Gasteiger partial charge in [-0.25, -0.2) is 4.79 Å². The van der Waals surface area contributed by atoms with Crippen LogP contribution in [0.25, 0.3) is 22.2 Å². The van der Waals surface area contributed by atoms with Gasteiger partial charge in [0.05, 0.1) is 16.7 Å². The minimum atomic E-state index is -0.204. The molecule has 0 fully saturated rings. The summed E-state index contributed by atoms with van der Waals surface area (Å²) in [6, 6.07) is 5.74. The normalized spacial score (nSPS) is 11.2. The van der Waals surface area contributed by atoms with Crippen LogP contribution in [0.2, 0.25) is 0 Å². The van der Waals surface area contributed by atoms with Crippen molar-refractivity contribution in [3.8, 4) is 11.1 Å². The summed E-state index contributed by atoms with van der Waals surface area (Å²) in [5.41, 5.74) is 10.8. The summed E-state index contributed by atoms with van der Waals surface area (Å²) in [6.07, 6.45) is 0. The van der Waals surface area contributed by atoms with Crippen LogP contribution < -0.4 is 11.4 Å². The molecule has 5 N–H and O–H groups in total. The SMILES string of the molecule is Cc1[nH]nc(CN)c1-c1ccc2[nH]c(=O)[nH]c2c1. The molecule has 6 heteroatoms. The average Bonchev–Trinajstić information content (AvgIpc) is 2.89. The van der Waals surface area contributed by atoms with E-state index in [1.807, 2.05) is 25.1 Å². The minimum Gasteiger partial charge on any atom is -0.325 e. The molecule has 2 aromatic heterocycles. The van der Waals surface area contributed by atoms with Crippen LogP contribution in [0.4, 0.5) is 0 Å². The van der Waals surface area contributed by atoms with Crippen molar-refractivity contribution in [2.45, 2.75) is 13.5 Å². The number of H-pyrrole nitrogens is 3. The highest BCUT2D eigenvalue weighted by molar-refractivity contribution is 5.82. The van der Waals surface area contributed by atoms with E-state index in [0.717, 1.165) is 33.5 Å². The van der Waals surface area contributed by atoms with Crippen LogP contribution >= 0.6 is 0 Å². The largest absolute Gasteiger partial charge is 0.325 e. The molecule has 3 rings (SSSR count). The molecular formula is C12H13N5O. The zero-order valence-corrected chi connectivity index (χ0v) is 9.87. The molecule has 0 aliphatic carbocycles. The molecule has 0 spiro atoms. The Morgan fingerprint density at radius 1 is 1.28 bits per heavy atom. The lowest BCUT2D eigenvalue weighted by Crippen LogP contribution is -1.99. The van der Waals surface area contributed by atoms with Crippen molar-refractivity contribution in [1.29, 1.82) is 0 Å². The van der Waals surface area contributed by atoms with E-state index in [9.17, 15) is 4.79 Å². The number of fused-ring (bicyclic) bond motifs is 1. The van der Waals surface area contributed by atoms with Crippen molar-refractivity contribution < 1.29 is 0 Å². The zero-order chi connectivity index (χ0) is 12.7. The van der Waals surface area contributed by atoms with Crippen molar-refractivity contribution in [2.24, 2.45) is 5.73 Å². The molecule has 0 saturated carbocycles. The molecule has 6 nitrogen and oxygen atoms in total. The fourth-order valence-corrected chi connectivity index (χ4v) is 2.20. The van der Waals surface area contributed by atoms with E-state index in [1.54, 1.807) is 0 Å². The number of nitrogens with two attached hydrogens (primary N) is 1. The monoisotopic (exact) mass is 243 g/mol. The van der Waals surface area contributed by atoms with Crippen LogP contribution in [0.15, 0.2) is 23.0 Å². The number of hydrogen-bond donors (Lipinski definition) is 4. The number of hydrogen-bond acceptors (Lipinski definition) is 3. The predicted octanol–water partition coefficient (Wildman–Crippen LogP) is 1.01. The molecule has 0 atom stereocenters. The number of nitrogens with one attached hydrogen (secondary N) is 3. The van der Waals surface area contributed by atoms with Gasteiger partial charge in [-0.3, -0.25) is 5.10 Å². The summed E-state index contributed by atoms with van der Waals surface area (Å²) in [6.45, 7) is 2.33. The van der Waals surface area contributed by atoms with Crippen LogP contribution in [0.3, 0.4) is 0 Å². The van der Waals surface area contributed by atoms with Gasteiger partial charge in [0.15, 0.2) is 0 Å². The predicted molar refractivity (Wildman–Crippen MR) is 69.1 cm³/mol. The van der Waals surface area contributed by atoms with Gasteiger partial charge >= 0.3 is 5.69 Å². The number of benzene rings is 1. The van der Waals surface area contributed by atoms with Crippen LogP contribution in [-0.4, -0.2) is 20.2 Å². The molecule has 0 radical (unpaired) electrons. The Morgan fingerprint density at radius 2 is 2.06 bits per heavy atom. The van der Waals surface area contributed by atoms with E-state index in [-0.39, 0.29) is 5.69 Å². The first-order valence-corrected chi connectivity index (χ1v) is 5.65. The van der Waals surface area contributed by atoms with Crippen molar-refractivity contribution in [3.63, 3.8) is 0 Å². The summed E-state index contributed by atoms with van der Waals surface area (Å²) < 4.78 is 0. The van der Waals surface area contributed by atoms with Gasteiger partial charge in [0.2, 0.25) is 0 Å². The molecule has 92 valence electrons. The molecule has 0 unspecified atom stereocenters. The van der Waals surface area contributed by atoms with E-state index >= 15 is 0 Å². The van der Waals surface area contributed by atoms with Gasteiger partial charge in [0.1, 0.15) is 0 Å². The van der Waals surface area contributed by atoms with Crippen LogP contribution in [-0.2, 0) is 6.54 Å². The lowest BCUT2D eigenvalue weighted by molar-refractivity contribution is 0.940. The van der Waals surface area contributed by atoms with Gasteiger partial charge < -0.3 is 15.7 Å². The van der Waals surface area contributed by atoms with Crippen molar-refractivity contribution in [1.82, 2.24) is 20.2 Å². The maximum absolute atomic E-state index is 11.2. The van der Waals surface area contributed by atoms with Crippen LogP contribution in [0.1, 0.15) is 11.4 Å². The first kappa shape index (κ1) is 10.8. The average molecular weight is 243 g/mol. The Labute approximate surface area is 102 Å². The maximum Gasteiger partial charge on any atom is 0.323 e. The number of aromatic nitrogens is 4. The summed E-state index contributed by atoms with van der Waals surface area (Å²) in [4.78, 5) is 16.7. The van der Waals surface area contributed by atoms with Crippen LogP contribution in [0, 0.1) is 6.92 Å². The fourth-order valence-electron chi connectivity index (χ4n) is 2.20. The highest BCUT2D eigenvalue weighted by Gasteiger charge is 2.12. The Morgan fingerprint density at radius 3 is 2.83 bits per heavy atom. The van der Waals surface area contributed by atoms with E-state index in [0.29, 0.717) is 6.54 Å². The molecule has 1 aromatic carbocycles. The van der Waals surface area contributed by atoms with Gasteiger partial charge in [-0.05, 0) is 24.6 Å². The van der Waals surface area contributed by atoms with E-state index in [1.165, 1.54) is 0 Å². The lowest BCUT2D eigenvalue weighted by atomic mass is 10.0. The standard InChI is InChI=1S/C12H13N5O/c1-6-11(10(5-13)17-16-6)7-2-3-8-9(4-7)15-12(18)14-8/h2-4H,5,13H2,1H3,(H,16,17)(H2,14,15,18). The highest BCUT2D eigenvalue weighted by Crippen LogP contribution is 2.27. The fraction of sp³-hybridized carbons (Fsp3) is 0.167. The molecule has 0 aliphatic heterocycles. The van der Waals surface area contributed by atoms with Gasteiger partial charge in [-0.1, -0.05) is 6.07 Å². The quantitative estimate of drug-likeness (QED) is 0.540. The topological polar surface area (TPSA) is 103 Å². The molecule has 0 aliphatic rings. The van der Waals surface area contributed by atoms with E-state index in [4.69, 9.17) is 5.73 Å². The van der Waals surface area contributed by atoms with E-state index in [2.05, 4.69) is 20.2 Å². The van der Waals surface area contributed by atoms with Gasteiger partial charge in [0, 0.05) is 17.8 Å². The smallest absolute Gasteiger partial charge is 0.323 e. The third kappa shape index (κ3) is 1.54. The third-order valence-electron chi connectivity index (χ3n) is 3.02. The van der Waals surface area contributed by atoms with Crippen molar-refractivity contribution in [2.75, 3.05) is 0 Å².